The molecule has 1 unspecified atom stereocenters. The molecule has 23 heavy (non-hydrogen) atoms. The van der Waals surface area contributed by atoms with E-state index in [0.717, 1.165) is 0 Å². The third-order valence-electron chi connectivity index (χ3n) is 2.98. The summed E-state index contributed by atoms with van der Waals surface area (Å²) in [7, 11) is 0. The molecule has 1 aromatic heterocycles. The molecule has 2 rings (SSSR count). The molecular formula is C16H16FNO4S. The summed E-state index contributed by atoms with van der Waals surface area (Å²) >= 11 is 0.165. The summed E-state index contributed by atoms with van der Waals surface area (Å²) < 4.78 is 23.3. The predicted octanol–water partition coefficient (Wildman–Crippen LogP) is 4.69. The Kier molecular flexibility index (Phi) is 5.84. The molecule has 0 fully saturated rings. The number of carbonyl (C=O) groups excluding carboxylic acids is 1. The zero-order chi connectivity index (χ0) is 16.8. The van der Waals surface area contributed by atoms with Crippen molar-refractivity contribution >= 4 is 24.1 Å². The van der Waals surface area contributed by atoms with Gasteiger partial charge in [-0.2, -0.15) is 3.89 Å². The number of furan rings is 1. The van der Waals surface area contributed by atoms with E-state index in [1.165, 1.54) is 6.92 Å². The van der Waals surface area contributed by atoms with Crippen molar-refractivity contribution in [2.45, 2.75) is 24.8 Å². The Morgan fingerprint density at radius 2 is 2.04 bits per heavy atom. The number of hydrogen-bond donors (Lipinski definition) is 1. The van der Waals surface area contributed by atoms with Gasteiger partial charge in [-0.25, -0.2) is 5.06 Å². The van der Waals surface area contributed by atoms with E-state index in [4.69, 9.17) is 9.15 Å². The van der Waals surface area contributed by atoms with Gasteiger partial charge in [0.05, 0.1) is 18.2 Å². The number of hydrogen-bond acceptors (Lipinski definition) is 5. The third-order valence-corrected chi connectivity index (χ3v) is 3.43. The lowest BCUT2D eigenvalue weighted by molar-refractivity contribution is -0.167. The molecule has 5 nitrogen and oxygen atoms in total. The molecule has 7 heteroatoms. The van der Waals surface area contributed by atoms with E-state index in [9.17, 15) is 13.9 Å². The normalized spacial score (nSPS) is 12.3. The summed E-state index contributed by atoms with van der Waals surface area (Å²) in [5.74, 6) is 0.879. The van der Waals surface area contributed by atoms with Crippen LogP contribution in [-0.2, 0) is 4.79 Å². The van der Waals surface area contributed by atoms with Crippen LogP contribution in [0.15, 0.2) is 51.8 Å². The molecule has 1 atom stereocenters. The Hall–Kier alpha value is -2.25. The van der Waals surface area contributed by atoms with E-state index in [1.807, 2.05) is 0 Å². The largest absolute Gasteiger partial charge is 0.426 e. The molecule has 122 valence electrons. The fraction of sp³-hybridized carbons (Fsp3) is 0.188. The van der Waals surface area contributed by atoms with Crippen LogP contribution in [0.1, 0.15) is 19.6 Å². The van der Waals surface area contributed by atoms with Gasteiger partial charge >= 0.3 is 0 Å². The first-order chi connectivity index (χ1) is 11.0. The molecule has 1 amide bonds. The first-order valence-corrected chi connectivity index (χ1v) is 7.54. The zero-order valence-electron chi connectivity index (χ0n) is 12.6. The van der Waals surface area contributed by atoms with Crippen molar-refractivity contribution in [1.29, 1.82) is 0 Å². The number of carbonyl (C=O) groups is 1. The van der Waals surface area contributed by atoms with Gasteiger partial charge in [0.15, 0.2) is 0 Å². The van der Waals surface area contributed by atoms with E-state index in [1.54, 1.807) is 55.5 Å². The maximum atomic E-state index is 12.4. The summed E-state index contributed by atoms with van der Waals surface area (Å²) in [4.78, 5) is 11.5. The minimum Gasteiger partial charge on any atom is -0.426 e. The fourth-order valence-electron chi connectivity index (χ4n) is 1.76. The maximum Gasteiger partial charge on any atom is 0.290 e. The Labute approximate surface area is 137 Å². The first kappa shape index (κ1) is 17.1. The molecular weight excluding hydrogens is 321 g/mol. The van der Waals surface area contributed by atoms with Crippen molar-refractivity contribution in [3.05, 3.63) is 48.2 Å². The highest BCUT2D eigenvalue weighted by Crippen LogP contribution is 2.27. The monoisotopic (exact) mass is 337 g/mol. The van der Waals surface area contributed by atoms with Gasteiger partial charge in [0.1, 0.15) is 11.5 Å². The van der Waals surface area contributed by atoms with E-state index >= 15 is 0 Å². The number of halogens is 1. The highest BCUT2D eigenvalue weighted by atomic mass is 32.2. The lowest BCUT2D eigenvalue weighted by Crippen LogP contribution is -2.32. The van der Waals surface area contributed by atoms with E-state index in [2.05, 4.69) is 0 Å². The minimum atomic E-state index is -0.479. The number of hydroxylamine groups is 2. The van der Waals surface area contributed by atoms with Gasteiger partial charge in [-0.05, 0) is 43.3 Å². The van der Waals surface area contributed by atoms with Gasteiger partial charge in [0.25, 0.3) is 5.95 Å². The molecule has 2 aromatic rings. The fourth-order valence-corrected chi connectivity index (χ4v) is 2.00. The van der Waals surface area contributed by atoms with Crippen LogP contribution >= 0.6 is 12.1 Å². The van der Waals surface area contributed by atoms with E-state index in [-0.39, 0.29) is 18.1 Å². The maximum absolute atomic E-state index is 12.4. The van der Waals surface area contributed by atoms with Crippen molar-refractivity contribution in [2.75, 3.05) is 0 Å². The van der Waals surface area contributed by atoms with Crippen molar-refractivity contribution in [1.82, 2.24) is 5.06 Å². The second kappa shape index (κ2) is 7.85. The van der Waals surface area contributed by atoms with Crippen LogP contribution in [0.5, 0.6) is 11.7 Å². The molecule has 1 N–H and O–H groups in total. The standard InChI is InChI=1S/C16H16FNO4S/c1-11(18(20)12(2)19)3-4-13-7-10-16(21-13)22-14-5-8-15(23-17)9-6-14/h3-11,20H,1-2H3. The number of benzene rings is 1. The average molecular weight is 337 g/mol. The van der Waals surface area contributed by atoms with Crippen LogP contribution < -0.4 is 4.74 Å². The molecule has 0 bridgehead atoms. The number of rotatable bonds is 6. The van der Waals surface area contributed by atoms with Crippen LogP contribution in [0.25, 0.3) is 6.08 Å². The Bertz CT molecular complexity index is 684. The van der Waals surface area contributed by atoms with Crippen molar-refractivity contribution in [2.24, 2.45) is 0 Å². The first-order valence-electron chi connectivity index (χ1n) is 6.83. The molecule has 1 heterocycles. The lowest BCUT2D eigenvalue weighted by atomic mass is 10.2. The second-order valence-electron chi connectivity index (χ2n) is 4.77. The van der Waals surface area contributed by atoms with E-state index < -0.39 is 11.9 Å². The zero-order valence-corrected chi connectivity index (χ0v) is 13.4. The summed E-state index contributed by atoms with van der Waals surface area (Å²) in [5.41, 5.74) is 0. The molecule has 0 radical (unpaired) electrons. The summed E-state index contributed by atoms with van der Waals surface area (Å²) in [5, 5.41) is 10.1. The second-order valence-corrected chi connectivity index (χ2v) is 5.40. The van der Waals surface area contributed by atoms with Crippen LogP contribution in [0.3, 0.4) is 0 Å². The van der Waals surface area contributed by atoms with Crippen molar-refractivity contribution < 1.29 is 23.0 Å². The highest BCUT2D eigenvalue weighted by Gasteiger charge is 2.11. The Morgan fingerprint density at radius 1 is 1.35 bits per heavy atom. The van der Waals surface area contributed by atoms with Gasteiger partial charge in [0.2, 0.25) is 5.91 Å². The summed E-state index contributed by atoms with van der Waals surface area (Å²) in [6, 6.07) is 9.33. The minimum absolute atomic E-state index is 0.165. The summed E-state index contributed by atoms with van der Waals surface area (Å²) in [6.45, 7) is 2.94. The topological polar surface area (TPSA) is 62.9 Å². The average Bonchev–Trinajstić information content (AvgIpc) is 3.00. The lowest BCUT2D eigenvalue weighted by Gasteiger charge is -2.17. The van der Waals surface area contributed by atoms with Crippen molar-refractivity contribution in [3.63, 3.8) is 0 Å². The van der Waals surface area contributed by atoms with Crippen molar-refractivity contribution in [3.8, 4) is 11.7 Å². The highest BCUT2D eigenvalue weighted by molar-refractivity contribution is 7.94. The van der Waals surface area contributed by atoms with E-state index in [0.29, 0.717) is 21.5 Å². The number of nitrogens with zero attached hydrogens (tertiary/aromatic N) is 1. The SMILES string of the molecule is CC(=O)N(O)C(C)C=Cc1ccc(Oc2ccc(SF)cc2)o1. The molecule has 0 spiro atoms. The van der Waals surface area contributed by atoms with Gasteiger partial charge in [-0.3, -0.25) is 10.0 Å². The van der Waals surface area contributed by atoms with Crippen LogP contribution in [0, 0.1) is 0 Å². The van der Waals surface area contributed by atoms with Gasteiger partial charge in [-0.15, -0.1) is 0 Å². The van der Waals surface area contributed by atoms with Crippen LogP contribution in [-0.4, -0.2) is 22.2 Å². The molecule has 0 aliphatic carbocycles. The summed E-state index contributed by atoms with van der Waals surface area (Å²) in [6.07, 6.45) is 3.25. The quantitative estimate of drug-likeness (QED) is 0.612. The molecule has 0 saturated heterocycles. The van der Waals surface area contributed by atoms with Gasteiger partial charge in [-0.1, -0.05) is 6.08 Å². The Morgan fingerprint density at radius 3 is 2.65 bits per heavy atom. The number of amides is 1. The molecule has 0 aliphatic rings. The molecule has 1 aromatic carbocycles. The Balaban J connectivity index is 1.98. The molecule has 0 aliphatic heterocycles. The van der Waals surface area contributed by atoms with Crippen LogP contribution in [0.4, 0.5) is 3.89 Å². The number of ether oxygens (including phenoxy) is 1. The van der Waals surface area contributed by atoms with Gasteiger partial charge < -0.3 is 9.15 Å². The predicted molar refractivity (Wildman–Crippen MR) is 85.0 cm³/mol. The molecule has 0 saturated carbocycles. The van der Waals surface area contributed by atoms with Gasteiger partial charge in [0, 0.05) is 17.9 Å². The third kappa shape index (κ3) is 4.87. The smallest absolute Gasteiger partial charge is 0.290 e. The van der Waals surface area contributed by atoms with Crippen LogP contribution in [0.2, 0.25) is 0 Å².